The fourth-order valence-corrected chi connectivity index (χ4v) is 3.20. The molecule has 0 aromatic carbocycles. The van der Waals surface area contributed by atoms with Gasteiger partial charge in [0.2, 0.25) is 0 Å². The van der Waals surface area contributed by atoms with Gasteiger partial charge in [-0.15, -0.1) is 0 Å². The molecule has 1 rings (SSSR count). The summed E-state index contributed by atoms with van der Waals surface area (Å²) >= 11 is 0. The van der Waals surface area contributed by atoms with E-state index in [1.54, 1.807) is 0 Å². The molecule has 120 valence electrons. The molecule has 2 heteroatoms. The Morgan fingerprint density at radius 2 is 1.50 bits per heavy atom. The molecule has 1 saturated carbocycles. The summed E-state index contributed by atoms with van der Waals surface area (Å²) in [5.41, 5.74) is 0. The van der Waals surface area contributed by atoms with Crippen molar-refractivity contribution < 1.29 is 9.84 Å². The summed E-state index contributed by atoms with van der Waals surface area (Å²) in [7, 11) is 0. The van der Waals surface area contributed by atoms with Crippen LogP contribution in [0.5, 0.6) is 0 Å². The molecule has 0 radical (unpaired) electrons. The largest absolute Gasteiger partial charge is 0.390 e. The zero-order valence-corrected chi connectivity index (χ0v) is 13.8. The van der Waals surface area contributed by atoms with Gasteiger partial charge in [-0.25, -0.2) is 0 Å². The van der Waals surface area contributed by atoms with Crippen molar-refractivity contribution in [3.05, 3.63) is 0 Å². The van der Waals surface area contributed by atoms with Gasteiger partial charge in [0.1, 0.15) is 0 Å². The summed E-state index contributed by atoms with van der Waals surface area (Å²) in [5.74, 6) is 0.619. The van der Waals surface area contributed by atoms with Crippen LogP contribution in [0.3, 0.4) is 0 Å². The lowest BCUT2D eigenvalue weighted by Gasteiger charge is -2.25. The average Bonchev–Trinajstić information content (AvgIpc) is 2.42. The molecule has 0 amide bonds. The highest BCUT2D eigenvalue weighted by atomic mass is 16.5. The van der Waals surface area contributed by atoms with Crippen LogP contribution in [0.25, 0.3) is 0 Å². The topological polar surface area (TPSA) is 29.5 Å². The number of hydrogen-bond donors (Lipinski definition) is 1. The Labute approximate surface area is 126 Å². The predicted octanol–water partition coefficient (Wildman–Crippen LogP) is 5.08. The van der Waals surface area contributed by atoms with Gasteiger partial charge in [-0.3, -0.25) is 0 Å². The number of hydrogen-bond acceptors (Lipinski definition) is 2. The second-order valence-electron chi connectivity index (χ2n) is 6.74. The summed E-state index contributed by atoms with van der Waals surface area (Å²) in [6.45, 7) is 5.29. The summed E-state index contributed by atoms with van der Waals surface area (Å²) in [6, 6.07) is 0. The maximum absolute atomic E-state index is 10.4. The van der Waals surface area contributed by atoms with E-state index in [4.69, 9.17) is 4.74 Å². The molecule has 0 spiro atoms. The van der Waals surface area contributed by atoms with Crippen molar-refractivity contribution in [1.82, 2.24) is 0 Å². The number of ether oxygens (including phenoxy) is 1. The molecule has 3 unspecified atom stereocenters. The highest BCUT2D eigenvalue weighted by Crippen LogP contribution is 2.20. The van der Waals surface area contributed by atoms with Gasteiger partial charge in [-0.05, 0) is 25.2 Å². The molecule has 3 atom stereocenters. The standard InChI is InChI=1S/C18H36O2/c1-3-12-16(2)15-20-18-14-11-9-7-5-4-6-8-10-13-17(18)19/h16-19H,3-15H2,1-2H3. The molecular formula is C18H36O2. The Balaban J connectivity index is 2.36. The van der Waals surface area contributed by atoms with Gasteiger partial charge in [0.05, 0.1) is 12.2 Å². The normalized spacial score (nSPS) is 28.4. The lowest BCUT2D eigenvalue weighted by atomic mass is 9.97. The third kappa shape index (κ3) is 8.26. The van der Waals surface area contributed by atoms with Crippen LogP contribution in [-0.2, 0) is 4.74 Å². The van der Waals surface area contributed by atoms with Crippen LogP contribution in [0.15, 0.2) is 0 Å². The average molecular weight is 284 g/mol. The first-order chi connectivity index (χ1) is 9.74. The molecule has 0 aromatic heterocycles. The highest BCUT2D eigenvalue weighted by molar-refractivity contribution is 4.71. The van der Waals surface area contributed by atoms with Crippen LogP contribution in [0.1, 0.15) is 90.9 Å². The molecule has 1 aliphatic rings. The maximum atomic E-state index is 10.4. The zero-order chi connectivity index (χ0) is 14.6. The first-order valence-electron chi connectivity index (χ1n) is 9.03. The van der Waals surface area contributed by atoms with Gasteiger partial charge >= 0.3 is 0 Å². The van der Waals surface area contributed by atoms with Gasteiger partial charge in [0.15, 0.2) is 0 Å². The lowest BCUT2D eigenvalue weighted by Crippen LogP contribution is -2.30. The second-order valence-corrected chi connectivity index (χ2v) is 6.74. The van der Waals surface area contributed by atoms with E-state index in [1.165, 1.54) is 57.8 Å². The van der Waals surface area contributed by atoms with Crippen LogP contribution in [0.2, 0.25) is 0 Å². The zero-order valence-electron chi connectivity index (χ0n) is 13.8. The second kappa shape index (κ2) is 11.6. The summed E-state index contributed by atoms with van der Waals surface area (Å²) < 4.78 is 6.06. The minimum Gasteiger partial charge on any atom is -0.390 e. The summed E-state index contributed by atoms with van der Waals surface area (Å²) in [6.07, 6.45) is 14.7. The molecule has 0 bridgehead atoms. The van der Waals surface area contributed by atoms with Gasteiger partial charge in [-0.2, -0.15) is 0 Å². The van der Waals surface area contributed by atoms with E-state index in [0.717, 1.165) is 25.9 Å². The summed E-state index contributed by atoms with van der Waals surface area (Å²) in [4.78, 5) is 0. The number of rotatable bonds is 5. The molecule has 20 heavy (non-hydrogen) atoms. The van der Waals surface area contributed by atoms with Crippen LogP contribution in [-0.4, -0.2) is 23.9 Å². The number of aliphatic hydroxyl groups excluding tert-OH is 1. The van der Waals surface area contributed by atoms with E-state index in [9.17, 15) is 5.11 Å². The summed E-state index contributed by atoms with van der Waals surface area (Å²) in [5, 5.41) is 10.4. The minimum atomic E-state index is -0.247. The van der Waals surface area contributed by atoms with Crippen molar-refractivity contribution in [2.75, 3.05) is 6.61 Å². The Kier molecular flexibility index (Phi) is 10.4. The van der Waals surface area contributed by atoms with E-state index in [0.29, 0.717) is 5.92 Å². The SMILES string of the molecule is CCCC(C)COC1CCCCCCCCCCC1O. The minimum absolute atomic E-state index is 0.0775. The van der Waals surface area contributed by atoms with Crippen molar-refractivity contribution in [2.45, 2.75) is 103 Å². The Morgan fingerprint density at radius 1 is 0.950 bits per heavy atom. The molecule has 0 saturated heterocycles. The third-order valence-electron chi connectivity index (χ3n) is 4.54. The van der Waals surface area contributed by atoms with E-state index >= 15 is 0 Å². The molecular weight excluding hydrogens is 248 g/mol. The van der Waals surface area contributed by atoms with E-state index < -0.39 is 0 Å². The van der Waals surface area contributed by atoms with E-state index in [2.05, 4.69) is 13.8 Å². The van der Waals surface area contributed by atoms with E-state index in [1.807, 2.05) is 0 Å². The Hall–Kier alpha value is -0.0800. The smallest absolute Gasteiger partial charge is 0.0834 e. The predicted molar refractivity (Wildman–Crippen MR) is 86.0 cm³/mol. The highest BCUT2D eigenvalue weighted by Gasteiger charge is 2.20. The first-order valence-corrected chi connectivity index (χ1v) is 9.03. The van der Waals surface area contributed by atoms with Crippen molar-refractivity contribution in [3.8, 4) is 0 Å². The molecule has 1 fully saturated rings. The Bertz CT molecular complexity index is 217. The van der Waals surface area contributed by atoms with E-state index in [-0.39, 0.29) is 12.2 Å². The van der Waals surface area contributed by atoms with Gasteiger partial charge in [0, 0.05) is 6.61 Å². The fraction of sp³-hybridized carbons (Fsp3) is 1.00. The molecule has 1 aliphatic carbocycles. The van der Waals surface area contributed by atoms with Crippen LogP contribution >= 0.6 is 0 Å². The van der Waals surface area contributed by atoms with Crippen molar-refractivity contribution >= 4 is 0 Å². The number of aliphatic hydroxyl groups is 1. The van der Waals surface area contributed by atoms with Crippen LogP contribution in [0.4, 0.5) is 0 Å². The van der Waals surface area contributed by atoms with Gasteiger partial charge in [0.25, 0.3) is 0 Å². The monoisotopic (exact) mass is 284 g/mol. The van der Waals surface area contributed by atoms with Crippen LogP contribution in [0, 0.1) is 5.92 Å². The Morgan fingerprint density at radius 3 is 2.10 bits per heavy atom. The molecule has 2 nitrogen and oxygen atoms in total. The fourth-order valence-electron chi connectivity index (χ4n) is 3.20. The molecule has 0 heterocycles. The third-order valence-corrected chi connectivity index (χ3v) is 4.54. The van der Waals surface area contributed by atoms with Gasteiger partial charge < -0.3 is 9.84 Å². The molecule has 1 N–H and O–H groups in total. The van der Waals surface area contributed by atoms with Crippen molar-refractivity contribution in [1.29, 1.82) is 0 Å². The first kappa shape index (κ1) is 18.0. The quantitative estimate of drug-likeness (QED) is 0.762. The molecule has 0 aromatic rings. The van der Waals surface area contributed by atoms with Gasteiger partial charge in [-0.1, -0.05) is 71.6 Å². The van der Waals surface area contributed by atoms with Crippen molar-refractivity contribution in [2.24, 2.45) is 5.92 Å². The van der Waals surface area contributed by atoms with Crippen LogP contribution < -0.4 is 0 Å². The van der Waals surface area contributed by atoms with Crippen molar-refractivity contribution in [3.63, 3.8) is 0 Å². The molecule has 0 aliphatic heterocycles. The maximum Gasteiger partial charge on any atom is 0.0834 e. The lowest BCUT2D eigenvalue weighted by molar-refractivity contribution is -0.0569.